The van der Waals surface area contributed by atoms with Crippen LogP contribution >= 0.6 is 0 Å². The van der Waals surface area contributed by atoms with Gasteiger partial charge in [0.15, 0.2) is 11.9 Å². The van der Waals surface area contributed by atoms with Crippen molar-refractivity contribution in [2.75, 3.05) is 39.3 Å². The van der Waals surface area contributed by atoms with Crippen molar-refractivity contribution in [3.63, 3.8) is 0 Å². The third kappa shape index (κ3) is 19.7. The van der Waals surface area contributed by atoms with Crippen molar-refractivity contribution >= 4 is 98.7 Å². The van der Waals surface area contributed by atoms with Gasteiger partial charge in [0.2, 0.25) is 65.0 Å². The molecule has 3 aromatic carbocycles. The van der Waals surface area contributed by atoms with Gasteiger partial charge in [-0.05, 0) is 101 Å². The minimum absolute atomic E-state index is 0.0537. The molecule has 3 fully saturated rings. The molecule has 11 amide bonds. The van der Waals surface area contributed by atoms with E-state index < -0.39 is 139 Å². The fraction of sp³-hybridized carbons (Fsp3) is 0.462. The van der Waals surface area contributed by atoms with Crippen molar-refractivity contribution in [3.05, 3.63) is 108 Å². The summed E-state index contributed by atoms with van der Waals surface area (Å²) >= 11 is 0. The van der Waals surface area contributed by atoms with Crippen LogP contribution in [-0.4, -0.2) is 196 Å². The molecule has 0 saturated carbocycles. The SMILES string of the molecule is C[C@@H]1NC(=O)CNC(=O)[C@H](Cc2c[nH]c3ccccc23)NC(=O)[C@H](CCCNC(=N)N)NC(=O)[C@@H](C)NC(=O)[C@@H]2CCCN2C(=O)[C@H](C)NC(=O)CNC(=O)[C@H](Cc2c[nH]c3ccccc23)NC(=O)[C@H](CCCNC(=N)N)N[C@@H](Cc2ccccc2)NC(=O)[C@@H]2CCCN2C1=O. The molecule has 0 bridgehead atoms. The average Bonchev–Trinajstić information content (AvgIpc) is 1.69. The molecule has 0 spiro atoms. The molecule has 31 heteroatoms. The van der Waals surface area contributed by atoms with Gasteiger partial charge in [0.05, 0.1) is 25.3 Å². The van der Waals surface area contributed by atoms with Crippen LogP contribution in [-0.2, 0) is 72.0 Å². The Balaban J connectivity index is 1.08. The Morgan fingerprint density at radius 1 is 0.479 bits per heavy atom. The number of guanidine groups is 2. The number of carbonyl (C=O) groups is 11. The number of H-pyrrole nitrogens is 2. The molecular formula is C65H88N20O11. The topological polar surface area (TPSA) is 470 Å². The number of aromatic nitrogens is 2. The summed E-state index contributed by atoms with van der Waals surface area (Å²) in [4.78, 5) is 166. The van der Waals surface area contributed by atoms with Crippen LogP contribution in [0, 0.1) is 10.8 Å². The highest BCUT2D eigenvalue weighted by Crippen LogP contribution is 2.24. The number of nitrogens with zero attached hydrogens (tertiary/aromatic N) is 2. The highest BCUT2D eigenvalue weighted by atomic mass is 16.2. The quantitative estimate of drug-likeness (QED) is 0.0319. The van der Waals surface area contributed by atoms with E-state index in [1.165, 1.54) is 30.6 Å². The number of benzene rings is 3. The van der Waals surface area contributed by atoms with Crippen molar-refractivity contribution < 1.29 is 52.7 Å². The van der Waals surface area contributed by atoms with Crippen LogP contribution < -0.4 is 75.3 Å². The van der Waals surface area contributed by atoms with Gasteiger partial charge in [-0.15, -0.1) is 0 Å². The lowest BCUT2D eigenvalue weighted by atomic mass is 10.0. The van der Waals surface area contributed by atoms with E-state index in [1.807, 2.05) is 72.8 Å². The predicted octanol–water partition coefficient (Wildman–Crippen LogP) is -2.20. The van der Waals surface area contributed by atoms with Gasteiger partial charge in [0.25, 0.3) is 0 Å². The first-order valence-electron chi connectivity index (χ1n) is 32.4. The molecule has 5 aromatic rings. The van der Waals surface area contributed by atoms with E-state index in [2.05, 4.69) is 73.8 Å². The van der Waals surface area contributed by atoms with Crippen LogP contribution in [0.25, 0.3) is 21.8 Å². The van der Waals surface area contributed by atoms with Gasteiger partial charge >= 0.3 is 0 Å². The molecule has 10 atom stereocenters. The highest BCUT2D eigenvalue weighted by molar-refractivity contribution is 5.99. The van der Waals surface area contributed by atoms with E-state index in [9.17, 15) is 52.7 Å². The zero-order valence-corrected chi connectivity index (χ0v) is 54.0. The number of carbonyl (C=O) groups excluding carboxylic acids is 11. The first-order valence-corrected chi connectivity index (χ1v) is 32.4. The van der Waals surface area contributed by atoms with Crippen molar-refractivity contribution in [1.82, 2.24) is 83.6 Å². The fourth-order valence-corrected chi connectivity index (χ4v) is 12.2. The molecule has 31 nitrogen and oxygen atoms in total. The number of para-hydroxylation sites is 2. The van der Waals surface area contributed by atoms with Gasteiger partial charge in [-0.1, -0.05) is 66.7 Å². The summed E-state index contributed by atoms with van der Waals surface area (Å²) in [6.07, 6.45) is 4.06. The first-order chi connectivity index (χ1) is 46.0. The number of fused-ring (bicyclic) bond motifs is 4. The summed E-state index contributed by atoms with van der Waals surface area (Å²) in [5, 5.41) is 50.0. The van der Waals surface area contributed by atoms with Crippen molar-refractivity contribution in [3.8, 4) is 0 Å². The Morgan fingerprint density at radius 3 is 1.41 bits per heavy atom. The van der Waals surface area contributed by atoms with E-state index in [0.717, 1.165) is 27.4 Å². The normalized spacial score (nSPS) is 24.7. The van der Waals surface area contributed by atoms with E-state index in [4.69, 9.17) is 22.3 Å². The van der Waals surface area contributed by atoms with Crippen molar-refractivity contribution in [1.29, 1.82) is 10.8 Å². The van der Waals surface area contributed by atoms with E-state index >= 15 is 0 Å². The largest absolute Gasteiger partial charge is 0.370 e. The maximum Gasteiger partial charge on any atom is 0.245 e. The van der Waals surface area contributed by atoms with Gasteiger partial charge < -0.3 is 89.7 Å². The highest BCUT2D eigenvalue weighted by Gasteiger charge is 2.40. The van der Waals surface area contributed by atoms with E-state index in [0.29, 0.717) is 24.0 Å². The molecule has 3 saturated heterocycles. The molecule has 2 aromatic heterocycles. The summed E-state index contributed by atoms with van der Waals surface area (Å²) in [5.74, 6) is -8.57. The molecule has 0 unspecified atom stereocenters. The van der Waals surface area contributed by atoms with Gasteiger partial charge in [-0.3, -0.25) is 68.9 Å². The Labute approximate surface area is 554 Å². The zero-order chi connectivity index (χ0) is 69.0. The molecule has 0 aliphatic carbocycles. The molecule has 0 radical (unpaired) electrons. The molecule has 3 aliphatic rings. The molecule has 96 heavy (non-hydrogen) atoms. The van der Waals surface area contributed by atoms with Crippen molar-refractivity contribution in [2.24, 2.45) is 11.5 Å². The fourth-order valence-electron chi connectivity index (χ4n) is 12.2. The standard InChI is InChI=1S/C65H88N20O11/c1-36-55(88)80-47(22-12-26-71-65(68)69)59(92)82-49(31-41-33-73-45-20-10-8-18-43(41)45)57(90)75-35-54(87)77-38(3)63(96)85-28-14-24-51(85)61(94)83-52(29-39-15-5-4-6-16-39)79-46(21-11-25-70-64(66)67)58(91)81-48(30-40-32-72-44-19-9-7-17-42(40)44)56(89)74-34-53(86)76-37(2)62(95)84-27-13-23-50(84)60(93)78-36/h4-10,15-20,32-33,36-38,46-52,72-73,79H,11-14,21-31,34-35H2,1-3H3,(H,74,89)(H,75,90)(H,76,86)(H,77,87)(H,78,93)(H,80,88)(H,81,91)(H,82,92)(H,83,94)(H4,66,67,70)(H4,68,69,71)/t36-,37+,38+,46+,47+,48+,49+,50+,51+,52-/m1/s1. The summed E-state index contributed by atoms with van der Waals surface area (Å²) in [6.45, 7) is 3.49. The van der Waals surface area contributed by atoms with Crippen LogP contribution in [0.1, 0.15) is 88.8 Å². The van der Waals surface area contributed by atoms with Gasteiger partial charge in [-0.25, -0.2) is 0 Å². The lowest BCUT2D eigenvalue weighted by Crippen LogP contribution is -2.61. The molecule has 5 heterocycles. The monoisotopic (exact) mass is 1320 g/mol. The second kappa shape index (κ2) is 34.0. The Kier molecular flexibility index (Phi) is 25.2. The second-order valence-corrected chi connectivity index (χ2v) is 24.4. The van der Waals surface area contributed by atoms with Crippen LogP contribution in [0.3, 0.4) is 0 Å². The minimum Gasteiger partial charge on any atom is -0.370 e. The smallest absolute Gasteiger partial charge is 0.245 e. The number of amides is 11. The maximum atomic E-state index is 14.9. The lowest BCUT2D eigenvalue weighted by molar-refractivity contribution is -0.141. The zero-order valence-electron chi connectivity index (χ0n) is 54.0. The number of nitrogens with one attached hydrogen (secondary N) is 16. The first kappa shape index (κ1) is 71.3. The Bertz CT molecular complexity index is 3650. The molecule has 3 aliphatic heterocycles. The van der Waals surface area contributed by atoms with Gasteiger partial charge in [-0.2, -0.15) is 0 Å². The maximum absolute atomic E-state index is 14.9. The summed E-state index contributed by atoms with van der Waals surface area (Å²) in [5.41, 5.74) is 14.7. The van der Waals surface area contributed by atoms with Crippen LogP contribution in [0.15, 0.2) is 91.3 Å². The Morgan fingerprint density at radius 2 is 0.917 bits per heavy atom. The van der Waals surface area contributed by atoms with Crippen LogP contribution in [0.5, 0.6) is 0 Å². The van der Waals surface area contributed by atoms with E-state index in [1.54, 1.807) is 18.5 Å². The molecular weight excluding hydrogens is 1240 g/mol. The third-order valence-corrected chi connectivity index (χ3v) is 17.2. The van der Waals surface area contributed by atoms with Crippen LogP contribution in [0.2, 0.25) is 0 Å². The predicted molar refractivity (Wildman–Crippen MR) is 355 cm³/mol. The van der Waals surface area contributed by atoms with Crippen LogP contribution in [0.4, 0.5) is 0 Å². The summed E-state index contributed by atoms with van der Waals surface area (Å²) in [7, 11) is 0. The van der Waals surface area contributed by atoms with E-state index in [-0.39, 0.29) is 95.9 Å². The lowest BCUT2D eigenvalue weighted by Gasteiger charge is -2.31. The third-order valence-electron chi connectivity index (χ3n) is 17.2. The summed E-state index contributed by atoms with van der Waals surface area (Å²) < 4.78 is 0. The Hall–Kier alpha value is -10.6. The minimum atomic E-state index is -1.37. The molecule has 514 valence electrons. The molecule has 8 rings (SSSR count). The number of nitrogens with two attached hydrogens (primary N) is 2. The average molecular weight is 1330 g/mol. The number of hydrogen-bond acceptors (Lipinski definition) is 14. The van der Waals surface area contributed by atoms with Crippen molar-refractivity contribution in [2.45, 2.75) is 152 Å². The number of aromatic amines is 2. The number of hydrogen-bond donors (Lipinski definition) is 18. The summed E-state index contributed by atoms with van der Waals surface area (Å²) in [6, 6.07) is 12.7. The van der Waals surface area contributed by atoms with Gasteiger partial charge in [0, 0.05) is 79.6 Å². The number of rotatable bonds is 14. The molecule has 20 N–H and O–H groups in total. The van der Waals surface area contributed by atoms with Gasteiger partial charge in [0.1, 0.15) is 48.3 Å². The second-order valence-electron chi connectivity index (χ2n) is 24.4.